The van der Waals surface area contributed by atoms with Gasteiger partial charge in [-0.1, -0.05) is 0 Å². The fourth-order valence-corrected chi connectivity index (χ4v) is 3.18. The van der Waals surface area contributed by atoms with Gasteiger partial charge in [0.1, 0.15) is 0 Å². The molecular weight excluding hydrogens is 210 g/mol. The number of halogens is 1. The molecule has 0 amide bonds. The summed E-state index contributed by atoms with van der Waals surface area (Å²) in [5, 5.41) is 0. The predicted molar refractivity (Wildman–Crippen MR) is 54.4 cm³/mol. The van der Waals surface area contributed by atoms with Crippen LogP contribution in [0, 0.1) is 5.92 Å². The molecule has 0 heterocycles. The van der Waals surface area contributed by atoms with Crippen LogP contribution in [0.4, 0.5) is 0 Å². The molecule has 5 heteroatoms. The first kappa shape index (κ1) is 11.3. The molecule has 0 unspecified atom stereocenters. The summed E-state index contributed by atoms with van der Waals surface area (Å²) < 4.78 is 25.6. The molecule has 1 rings (SSSR count). The highest BCUT2D eigenvalue weighted by molar-refractivity contribution is 7.89. The first-order valence-electron chi connectivity index (χ1n) is 4.42. The van der Waals surface area contributed by atoms with Crippen molar-refractivity contribution in [2.45, 2.75) is 32.2 Å². The molecule has 0 saturated heterocycles. The molecule has 0 aromatic carbocycles. The molecule has 3 nitrogen and oxygen atoms in total. The van der Waals surface area contributed by atoms with E-state index >= 15 is 0 Å². The van der Waals surface area contributed by atoms with Crippen molar-refractivity contribution in [3.05, 3.63) is 0 Å². The maximum atomic E-state index is 11.5. The van der Waals surface area contributed by atoms with E-state index in [1.807, 2.05) is 0 Å². The zero-order chi connectivity index (χ0) is 10.1. The Morgan fingerprint density at radius 2 is 2.00 bits per heavy atom. The summed E-state index contributed by atoms with van der Waals surface area (Å²) in [5.41, 5.74) is -0.532. The molecule has 1 saturated carbocycles. The highest BCUT2D eigenvalue weighted by atomic mass is 35.5. The number of sulfonamides is 1. The standard InChI is InChI=1S/C8H16ClNO2S/c1-8(2,6-9)10-13(11,12)5-7-3-4-7/h7,10H,3-6H2,1-2H3. The number of nitrogens with one attached hydrogen (secondary N) is 1. The summed E-state index contributed by atoms with van der Waals surface area (Å²) in [6.07, 6.45) is 2.09. The van der Waals surface area contributed by atoms with Crippen molar-refractivity contribution >= 4 is 21.6 Å². The number of alkyl halides is 1. The molecule has 1 N–H and O–H groups in total. The summed E-state index contributed by atoms with van der Waals surface area (Å²) in [7, 11) is -3.12. The largest absolute Gasteiger partial charge is 0.212 e. The van der Waals surface area contributed by atoms with E-state index < -0.39 is 15.6 Å². The van der Waals surface area contributed by atoms with Gasteiger partial charge in [0.2, 0.25) is 10.0 Å². The Morgan fingerprint density at radius 1 is 1.46 bits per heavy atom. The topological polar surface area (TPSA) is 46.2 Å². The number of rotatable bonds is 5. The van der Waals surface area contributed by atoms with Gasteiger partial charge in [0.25, 0.3) is 0 Å². The van der Waals surface area contributed by atoms with E-state index in [0.717, 1.165) is 12.8 Å². The molecule has 0 radical (unpaired) electrons. The maximum Gasteiger partial charge on any atom is 0.212 e. The van der Waals surface area contributed by atoms with Crippen molar-refractivity contribution in [1.82, 2.24) is 4.72 Å². The molecule has 1 fully saturated rings. The van der Waals surface area contributed by atoms with E-state index in [1.165, 1.54) is 0 Å². The Hall–Kier alpha value is 0.200. The SMILES string of the molecule is CC(C)(CCl)NS(=O)(=O)CC1CC1. The van der Waals surface area contributed by atoms with Gasteiger partial charge >= 0.3 is 0 Å². The van der Waals surface area contributed by atoms with Gasteiger partial charge < -0.3 is 0 Å². The van der Waals surface area contributed by atoms with Crippen LogP contribution in [0.1, 0.15) is 26.7 Å². The van der Waals surface area contributed by atoms with Crippen molar-refractivity contribution in [3.8, 4) is 0 Å². The van der Waals surface area contributed by atoms with Crippen molar-refractivity contribution < 1.29 is 8.42 Å². The van der Waals surface area contributed by atoms with Crippen molar-refractivity contribution in [3.63, 3.8) is 0 Å². The van der Waals surface area contributed by atoms with Gasteiger partial charge in [-0.3, -0.25) is 0 Å². The second-order valence-electron chi connectivity index (χ2n) is 4.34. The second-order valence-corrected chi connectivity index (χ2v) is 6.38. The van der Waals surface area contributed by atoms with Gasteiger partial charge in [0, 0.05) is 11.4 Å². The van der Waals surface area contributed by atoms with Crippen LogP contribution in [0.25, 0.3) is 0 Å². The van der Waals surface area contributed by atoms with Crippen molar-refractivity contribution in [2.24, 2.45) is 5.92 Å². The molecule has 1 aliphatic carbocycles. The lowest BCUT2D eigenvalue weighted by Crippen LogP contribution is -2.46. The molecule has 0 spiro atoms. The van der Waals surface area contributed by atoms with Gasteiger partial charge in [-0.15, -0.1) is 11.6 Å². The summed E-state index contributed by atoms with van der Waals surface area (Å²) >= 11 is 5.62. The van der Waals surface area contributed by atoms with Gasteiger partial charge in [-0.25, -0.2) is 13.1 Å². The highest BCUT2D eigenvalue weighted by Gasteiger charge is 2.31. The quantitative estimate of drug-likeness (QED) is 0.718. The van der Waals surface area contributed by atoms with Gasteiger partial charge in [0.15, 0.2) is 0 Å². The zero-order valence-corrected chi connectivity index (χ0v) is 9.58. The minimum atomic E-state index is -3.12. The van der Waals surface area contributed by atoms with Crippen molar-refractivity contribution in [2.75, 3.05) is 11.6 Å². The van der Waals surface area contributed by atoms with Crippen LogP contribution in [-0.4, -0.2) is 25.6 Å². The summed E-state index contributed by atoms with van der Waals surface area (Å²) in [5.74, 6) is 0.924. The van der Waals surface area contributed by atoms with E-state index in [0.29, 0.717) is 5.92 Å². The molecule has 13 heavy (non-hydrogen) atoms. The second kappa shape index (κ2) is 3.75. The molecule has 0 atom stereocenters. The lowest BCUT2D eigenvalue weighted by Gasteiger charge is -2.22. The normalized spacial score (nSPS) is 19.0. The smallest absolute Gasteiger partial charge is 0.212 e. The predicted octanol–water partition coefficient (Wildman–Crippen LogP) is 1.33. The fourth-order valence-electron chi connectivity index (χ4n) is 1.08. The monoisotopic (exact) mass is 225 g/mol. The third-order valence-electron chi connectivity index (χ3n) is 1.92. The lowest BCUT2D eigenvalue weighted by molar-refractivity contribution is 0.494. The maximum absolute atomic E-state index is 11.5. The molecule has 78 valence electrons. The third kappa shape index (κ3) is 4.29. The molecule has 0 bridgehead atoms. The Bertz CT molecular complexity index is 270. The minimum Gasteiger partial charge on any atom is -0.212 e. The third-order valence-corrected chi connectivity index (χ3v) is 4.36. The summed E-state index contributed by atoms with van der Waals surface area (Å²) in [6.45, 7) is 3.56. The van der Waals surface area contributed by atoms with Crippen LogP contribution in [0.2, 0.25) is 0 Å². The van der Waals surface area contributed by atoms with Crippen molar-refractivity contribution in [1.29, 1.82) is 0 Å². The van der Waals surface area contributed by atoms with Gasteiger partial charge in [-0.05, 0) is 32.6 Å². The fraction of sp³-hybridized carbons (Fsp3) is 1.00. The van der Waals surface area contributed by atoms with E-state index in [4.69, 9.17) is 11.6 Å². The molecular formula is C8H16ClNO2S. The van der Waals surface area contributed by atoms with Crippen LogP contribution >= 0.6 is 11.6 Å². The van der Waals surface area contributed by atoms with E-state index in [1.54, 1.807) is 13.8 Å². The first-order chi connectivity index (χ1) is 5.85. The van der Waals surface area contributed by atoms with Crippen LogP contribution in [0.5, 0.6) is 0 Å². The van der Waals surface area contributed by atoms with Crippen LogP contribution in [0.15, 0.2) is 0 Å². The van der Waals surface area contributed by atoms with Gasteiger partial charge in [-0.2, -0.15) is 0 Å². The van der Waals surface area contributed by atoms with E-state index in [-0.39, 0.29) is 11.6 Å². The number of hydrogen-bond donors (Lipinski definition) is 1. The minimum absolute atomic E-state index is 0.257. The Kier molecular flexibility index (Phi) is 3.25. The van der Waals surface area contributed by atoms with Crippen LogP contribution in [0.3, 0.4) is 0 Å². The molecule has 0 aromatic rings. The zero-order valence-electron chi connectivity index (χ0n) is 8.01. The molecule has 0 aromatic heterocycles. The molecule has 1 aliphatic rings. The average Bonchev–Trinajstić information content (AvgIpc) is 2.68. The van der Waals surface area contributed by atoms with E-state index in [2.05, 4.69) is 4.72 Å². The molecule has 0 aliphatic heterocycles. The lowest BCUT2D eigenvalue weighted by atomic mass is 10.1. The Labute approximate surface area is 84.9 Å². The Morgan fingerprint density at radius 3 is 2.38 bits per heavy atom. The van der Waals surface area contributed by atoms with Gasteiger partial charge in [0.05, 0.1) is 5.75 Å². The van der Waals surface area contributed by atoms with Crippen LogP contribution in [-0.2, 0) is 10.0 Å². The number of hydrogen-bond acceptors (Lipinski definition) is 2. The summed E-state index contributed by atoms with van der Waals surface area (Å²) in [6, 6.07) is 0. The summed E-state index contributed by atoms with van der Waals surface area (Å²) in [4.78, 5) is 0. The first-order valence-corrected chi connectivity index (χ1v) is 6.61. The average molecular weight is 226 g/mol. The van der Waals surface area contributed by atoms with E-state index in [9.17, 15) is 8.42 Å². The highest BCUT2D eigenvalue weighted by Crippen LogP contribution is 2.30. The van der Waals surface area contributed by atoms with Crippen LogP contribution < -0.4 is 4.72 Å². The Balaban J connectivity index is 2.49.